The monoisotopic (exact) mass is 1960 g/mol. The number of nitrogens with one attached hydrogen (secondary N) is 8. The zero-order valence-electron chi connectivity index (χ0n) is 75.3. The maximum atomic E-state index is 12.9. The Morgan fingerprint density at radius 1 is 0.383 bits per heavy atom. The van der Waals surface area contributed by atoms with Gasteiger partial charge in [0.1, 0.15) is 6.54 Å². The predicted molar refractivity (Wildman–Crippen MR) is 544 cm³/mol. The lowest BCUT2D eigenvalue weighted by Crippen LogP contribution is -2.47. The van der Waals surface area contributed by atoms with Crippen LogP contribution in [0.15, 0.2) is 256 Å². The van der Waals surface area contributed by atoms with Crippen molar-refractivity contribution in [2.75, 3.05) is 97.7 Å². The van der Waals surface area contributed by atoms with Gasteiger partial charge in [-0.15, -0.1) is 0 Å². The summed E-state index contributed by atoms with van der Waals surface area (Å²) in [7, 11) is 3.39. The van der Waals surface area contributed by atoms with Crippen LogP contribution >= 0.6 is 46.4 Å². The minimum atomic E-state index is -0.473. The molecular formula is C100H85Cl4N29O8. The summed E-state index contributed by atoms with van der Waals surface area (Å²) in [5, 5.41) is 44.1. The van der Waals surface area contributed by atoms with E-state index in [1.807, 2.05) is 152 Å². The van der Waals surface area contributed by atoms with E-state index in [2.05, 4.69) is 114 Å². The number of ether oxygens (including phenoxy) is 2. The minimum absolute atomic E-state index is 0.0468. The number of imidazole rings is 1. The molecule has 4 amide bonds. The van der Waals surface area contributed by atoms with Gasteiger partial charge in [-0.2, -0.15) is 20.4 Å². The standard InChI is InChI=1S/C27H22ClN7O3.C27H21ClN6O3.C24H25ClN8O.C22H17ClN8O/c1-2-38-27(37)16-8-9-19(30-13-16)12-21(36)32-26-25(29)33-23(15-6-4-3-5-7-15)24(34-26)17-10-18-14-31-35-22(18)20(28)11-17;1-37-27(36)17-9-7-15(8-10-17)11-21(35)31-26-25(29)32-23(16-5-3-2-4-6-16)24(33-26)18-12-19-14-30-34-22(19)20(28)13-18;1-32-7-9-33(10-8-32)14-19(34)28-24-23(26)29-21(15-5-3-2-4-6-15)22(30-24)16-11-17-13-27-31-20(17)18(25)12-16;23-16-9-14(8-15-10-26-30-18(15)16)20-19(13-4-2-1-3-5-13)28-21(24)22(29-20)27-17(32)11-31-7-6-25-12-31/h3-11,13-14H,2,12H2,1H3,(H2,29,33)(H,31,35)(H,32,34,36);2-10,12-14H,11H2,1H3,(H2,29,32)(H,30,34)(H,31,33,35);2-6,11-13H,7-10,14H2,1H3,(H2,26,29)(H,27,31)(H,28,30,34);1-10,12H,11H2,(H2,24,28)(H,26,30)(H,27,29,32). The number of methoxy groups -OCH3 is 1. The van der Waals surface area contributed by atoms with Crippen molar-refractivity contribution in [2.45, 2.75) is 26.3 Å². The lowest BCUT2D eigenvalue weighted by Gasteiger charge is -2.31. The predicted octanol–water partition coefficient (Wildman–Crippen LogP) is 16.4. The summed E-state index contributed by atoms with van der Waals surface area (Å²) in [5.41, 5.74) is 40.2. The third-order valence-corrected chi connectivity index (χ3v) is 23.5. The fourth-order valence-electron chi connectivity index (χ4n) is 15.3. The molecule has 37 nitrogen and oxygen atoms in total. The van der Waals surface area contributed by atoms with E-state index < -0.39 is 17.8 Å². The van der Waals surface area contributed by atoms with Crippen molar-refractivity contribution in [3.05, 3.63) is 298 Å². The Kier molecular flexibility index (Phi) is 29.3. The van der Waals surface area contributed by atoms with E-state index >= 15 is 0 Å². The molecule has 19 aromatic rings. The average molecular weight is 1960 g/mol. The zero-order chi connectivity index (χ0) is 98.3. The quantitative estimate of drug-likeness (QED) is 0.0265. The Hall–Kier alpha value is -17.4. The number of aromatic nitrogens is 19. The number of H-pyrrole nitrogens is 4. The number of amides is 4. The maximum absolute atomic E-state index is 12.9. The number of carbonyl (C=O) groups is 6. The van der Waals surface area contributed by atoms with Crippen molar-refractivity contribution in [1.29, 1.82) is 0 Å². The second-order valence-electron chi connectivity index (χ2n) is 32.1. The first kappa shape index (κ1) is 95.4. The summed E-state index contributed by atoms with van der Waals surface area (Å²) in [6.45, 7) is 5.88. The summed E-state index contributed by atoms with van der Waals surface area (Å²) < 4.78 is 11.3. The molecule has 706 valence electrons. The number of benzene rings is 9. The fraction of sp³-hybridized carbons (Fsp3) is 0.120. The van der Waals surface area contributed by atoms with E-state index in [1.165, 1.54) is 13.3 Å². The van der Waals surface area contributed by atoms with E-state index in [0.717, 1.165) is 92.1 Å². The van der Waals surface area contributed by atoms with Gasteiger partial charge in [-0.05, 0) is 92.3 Å². The molecule has 16 N–H and O–H groups in total. The Balaban J connectivity index is 0.000000130. The third kappa shape index (κ3) is 22.7. The molecule has 1 aliphatic rings. The van der Waals surface area contributed by atoms with Crippen LogP contribution in [0, 0.1) is 0 Å². The highest BCUT2D eigenvalue weighted by Gasteiger charge is 2.27. The van der Waals surface area contributed by atoms with Gasteiger partial charge in [-0.25, -0.2) is 54.4 Å². The van der Waals surface area contributed by atoms with Crippen LogP contribution < -0.4 is 44.2 Å². The Morgan fingerprint density at radius 3 is 1.06 bits per heavy atom. The van der Waals surface area contributed by atoms with Crippen LogP contribution in [0.3, 0.4) is 0 Å². The molecule has 20 rings (SSSR count). The summed E-state index contributed by atoms with van der Waals surface area (Å²) in [5.74, 6) is -1.08. The number of aromatic amines is 4. The smallest absolute Gasteiger partial charge is 0.339 e. The highest BCUT2D eigenvalue weighted by Crippen LogP contribution is 2.42. The molecule has 1 aliphatic heterocycles. The van der Waals surface area contributed by atoms with Crippen molar-refractivity contribution in [3.63, 3.8) is 0 Å². The van der Waals surface area contributed by atoms with Crippen molar-refractivity contribution in [2.24, 2.45) is 0 Å². The van der Waals surface area contributed by atoms with Crippen LogP contribution in [0.2, 0.25) is 20.1 Å². The Morgan fingerprint density at radius 2 is 0.723 bits per heavy atom. The van der Waals surface area contributed by atoms with Gasteiger partial charge in [0.25, 0.3) is 0 Å². The lowest BCUT2D eigenvalue weighted by molar-refractivity contribution is -0.118. The molecule has 1 fully saturated rings. The highest BCUT2D eigenvalue weighted by molar-refractivity contribution is 6.37. The number of anilines is 8. The van der Waals surface area contributed by atoms with Crippen LogP contribution in [0.25, 0.3) is 134 Å². The number of piperazine rings is 1. The number of esters is 2. The SMILES string of the molecule is CCOC(=O)c1ccc(CC(=O)Nc2nc(-c3cc(Cl)c4[nH]ncc4c3)c(-c3ccccc3)nc2N)nc1.CN1CCN(CC(=O)Nc2nc(-c3cc(Cl)c4[nH]ncc4c3)c(-c3ccccc3)nc2N)CC1.COC(=O)c1ccc(CC(=O)Nc2nc(-c3cc(Cl)c4[nH]ncc4c3)c(-c3ccccc3)nc2N)cc1.Nc1nc(-c2ccccc2)c(-c2cc(Cl)c3[nH]ncc3c2)nc1NC(=O)Cn1ccnc1. The summed E-state index contributed by atoms with van der Waals surface area (Å²) in [6.07, 6.45) is 12.9. The summed E-state index contributed by atoms with van der Waals surface area (Å²) in [6, 6.07) is 62.7. The molecule has 0 aliphatic carbocycles. The van der Waals surface area contributed by atoms with Gasteiger partial charge in [0.2, 0.25) is 23.6 Å². The van der Waals surface area contributed by atoms with E-state index in [9.17, 15) is 28.8 Å². The number of carbonyl (C=O) groups excluding carboxylic acids is 6. The van der Waals surface area contributed by atoms with Gasteiger partial charge in [-0.1, -0.05) is 180 Å². The summed E-state index contributed by atoms with van der Waals surface area (Å²) in [4.78, 5) is 124. The van der Waals surface area contributed by atoms with Gasteiger partial charge in [0.05, 0.1) is 163 Å². The van der Waals surface area contributed by atoms with Crippen LogP contribution in [0.5, 0.6) is 0 Å². The second kappa shape index (κ2) is 43.3. The number of rotatable bonds is 23. The number of hydrogen-bond donors (Lipinski definition) is 12. The van der Waals surface area contributed by atoms with Crippen molar-refractivity contribution in [1.82, 2.24) is 105 Å². The molecule has 0 atom stereocenters. The van der Waals surface area contributed by atoms with E-state index in [0.29, 0.717) is 110 Å². The van der Waals surface area contributed by atoms with Gasteiger partial charge in [-0.3, -0.25) is 49.5 Å². The minimum Gasteiger partial charge on any atom is -0.465 e. The number of pyridine rings is 1. The Bertz CT molecular complexity index is 7830. The molecule has 0 spiro atoms. The molecule has 141 heavy (non-hydrogen) atoms. The number of nitrogen functional groups attached to an aromatic ring is 4. The van der Waals surface area contributed by atoms with Gasteiger partial charge < -0.3 is 63.1 Å². The first-order valence-corrected chi connectivity index (χ1v) is 45.2. The van der Waals surface area contributed by atoms with Crippen LogP contribution in [-0.4, -0.2) is 194 Å². The number of nitrogens with zero attached hydrogens (tertiary/aromatic N) is 17. The topological polar surface area (TPSA) is 528 Å². The molecule has 11 heterocycles. The molecule has 41 heteroatoms. The molecule has 1 saturated heterocycles. The first-order valence-electron chi connectivity index (χ1n) is 43.7. The van der Waals surface area contributed by atoms with Crippen LogP contribution in [0.1, 0.15) is 38.9 Å². The highest BCUT2D eigenvalue weighted by atomic mass is 35.5. The zero-order valence-corrected chi connectivity index (χ0v) is 78.3. The number of likely N-dealkylation sites (N-methyl/N-ethyl adjacent to an activating group) is 1. The lowest BCUT2D eigenvalue weighted by atomic mass is 10.0. The molecular weight excluding hydrogens is 1880 g/mol. The fourth-order valence-corrected chi connectivity index (χ4v) is 16.4. The number of nitrogens with two attached hydrogens (primary N) is 4. The normalized spacial score (nSPS) is 11.9. The number of halogens is 4. The molecule has 0 saturated carbocycles. The first-order chi connectivity index (χ1) is 68.4. The van der Waals surface area contributed by atoms with Gasteiger partial charge >= 0.3 is 11.9 Å². The Labute approximate surface area is 822 Å². The second-order valence-corrected chi connectivity index (χ2v) is 33.7. The largest absolute Gasteiger partial charge is 0.465 e. The van der Waals surface area contributed by atoms with E-state index in [-0.39, 0.29) is 96.8 Å². The van der Waals surface area contributed by atoms with Crippen molar-refractivity contribution >= 4 is 172 Å². The number of hydrogen-bond acceptors (Lipinski definition) is 28. The molecule has 9 aromatic carbocycles. The molecule has 0 radical (unpaired) electrons. The van der Waals surface area contributed by atoms with Crippen LogP contribution in [-0.2, 0) is 48.0 Å². The van der Waals surface area contributed by atoms with Gasteiger partial charge in [0, 0.05) is 117 Å². The number of fused-ring (bicyclic) bond motifs is 4. The molecule has 10 aromatic heterocycles. The van der Waals surface area contributed by atoms with Gasteiger partial charge in [0.15, 0.2) is 46.5 Å². The maximum Gasteiger partial charge on any atom is 0.339 e. The molecule has 0 bridgehead atoms. The summed E-state index contributed by atoms with van der Waals surface area (Å²) >= 11 is 26.0. The van der Waals surface area contributed by atoms with Crippen LogP contribution in [0.4, 0.5) is 46.5 Å². The average Bonchev–Trinajstić information content (AvgIpc) is 1.78. The van der Waals surface area contributed by atoms with Crippen molar-refractivity contribution in [3.8, 4) is 90.1 Å². The van der Waals surface area contributed by atoms with Crippen molar-refractivity contribution < 1.29 is 38.2 Å². The molecule has 0 unspecified atom stereocenters. The van der Waals surface area contributed by atoms with E-state index in [1.54, 1.807) is 110 Å². The third-order valence-electron chi connectivity index (χ3n) is 22.3. The van der Waals surface area contributed by atoms with E-state index in [4.69, 9.17) is 93.8 Å².